The Morgan fingerprint density at radius 3 is 2.61 bits per heavy atom. The Bertz CT molecular complexity index is 566. The normalized spacial score (nSPS) is 17.3. The Morgan fingerprint density at radius 1 is 1.35 bits per heavy atom. The summed E-state index contributed by atoms with van der Waals surface area (Å²) in [6.07, 6.45) is -4.60. The lowest BCUT2D eigenvalue weighted by atomic mass is 10.00. The van der Waals surface area contributed by atoms with Crippen LogP contribution in [-0.4, -0.2) is 44.6 Å². The van der Waals surface area contributed by atoms with Crippen molar-refractivity contribution < 1.29 is 22.6 Å². The third-order valence-electron chi connectivity index (χ3n) is 3.67. The highest BCUT2D eigenvalue weighted by Gasteiger charge is 2.32. The van der Waals surface area contributed by atoms with Gasteiger partial charge in [-0.25, -0.2) is 0 Å². The largest absolute Gasteiger partial charge is 0.573 e. The molecule has 23 heavy (non-hydrogen) atoms. The lowest BCUT2D eigenvalue weighted by Gasteiger charge is -2.34. The van der Waals surface area contributed by atoms with Gasteiger partial charge in [0.05, 0.1) is 25.6 Å². The summed E-state index contributed by atoms with van der Waals surface area (Å²) in [5.74, 6) is 0.129. The SMILES string of the molecule is COc1ccc(OC(F)(F)F)cc1[C@@H](CC#N)N1CCNCC1. The summed E-state index contributed by atoms with van der Waals surface area (Å²) in [6, 6.07) is 5.70. The summed E-state index contributed by atoms with van der Waals surface area (Å²) in [5, 5.41) is 12.3. The lowest BCUT2D eigenvalue weighted by Crippen LogP contribution is -2.45. The van der Waals surface area contributed by atoms with Crippen molar-refractivity contribution in [2.45, 2.75) is 18.8 Å². The molecule has 1 aromatic rings. The predicted octanol–water partition coefficient (Wildman–Crippen LogP) is 2.45. The van der Waals surface area contributed by atoms with Gasteiger partial charge in [-0.15, -0.1) is 13.2 Å². The Labute approximate surface area is 132 Å². The van der Waals surface area contributed by atoms with E-state index < -0.39 is 6.36 Å². The number of piperazine rings is 1. The first kappa shape index (κ1) is 17.4. The first-order valence-corrected chi connectivity index (χ1v) is 7.20. The topological polar surface area (TPSA) is 57.5 Å². The van der Waals surface area contributed by atoms with E-state index in [0.717, 1.165) is 13.1 Å². The van der Waals surface area contributed by atoms with Crippen molar-refractivity contribution in [1.82, 2.24) is 10.2 Å². The maximum atomic E-state index is 12.4. The molecule has 1 aliphatic heterocycles. The molecule has 2 rings (SSSR count). The summed E-state index contributed by atoms with van der Waals surface area (Å²) >= 11 is 0. The number of ether oxygens (including phenoxy) is 2. The van der Waals surface area contributed by atoms with Gasteiger partial charge >= 0.3 is 6.36 Å². The fraction of sp³-hybridized carbons (Fsp3) is 0.533. The Kier molecular flexibility index (Phi) is 5.69. The van der Waals surface area contributed by atoms with Crippen LogP contribution in [0.4, 0.5) is 13.2 Å². The number of nitrogens with zero attached hydrogens (tertiary/aromatic N) is 2. The summed E-state index contributed by atoms with van der Waals surface area (Å²) < 4.78 is 46.6. The average Bonchev–Trinajstić information content (AvgIpc) is 2.52. The van der Waals surface area contributed by atoms with Crippen LogP contribution in [0.3, 0.4) is 0 Å². The van der Waals surface area contributed by atoms with E-state index in [2.05, 4.69) is 21.0 Å². The van der Waals surface area contributed by atoms with Crippen LogP contribution in [0.25, 0.3) is 0 Å². The molecule has 1 aliphatic rings. The van der Waals surface area contributed by atoms with Crippen molar-refractivity contribution in [3.05, 3.63) is 23.8 Å². The van der Waals surface area contributed by atoms with Gasteiger partial charge in [0.15, 0.2) is 0 Å². The zero-order chi connectivity index (χ0) is 16.9. The molecule has 0 saturated carbocycles. The summed E-state index contributed by atoms with van der Waals surface area (Å²) in [7, 11) is 1.45. The third-order valence-corrected chi connectivity index (χ3v) is 3.67. The van der Waals surface area contributed by atoms with Crippen molar-refractivity contribution in [2.24, 2.45) is 0 Å². The van der Waals surface area contributed by atoms with Crippen molar-refractivity contribution in [3.63, 3.8) is 0 Å². The number of methoxy groups -OCH3 is 1. The smallest absolute Gasteiger partial charge is 0.496 e. The quantitative estimate of drug-likeness (QED) is 0.899. The van der Waals surface area contributed by atoms with Gasteiger partial charge in [0.1, 0.15) is 11.5 Å². The van der Waals surface area contributed by atoms with Gasteiger partial charge in [-0.05, 0) is 18.2 Å². The second-order valence-electron chi connectivity index (χ2n) is 5.12. The summed E-state index contributed by atoms with van der Waals surface area (Å²) in [5.41, 5.74) is 0.526. The molecule has 0 aliphatic carbocycles. The third kappa shape index (κ3) is 4.74. The van der Waals surface area contributed by atoms with Crippen LogP contribution < -0.4 is 14.8 Å². The highest BCUT2D eigenvalue weighted by molar-refractivity contribution is 5.42. The molecule has 0 amide bonds. The molecular weight excluding hydrogens is 311 g/mol. The first-order valence-electron chi connectivity index (χ1n) is 7.20. The minimum absolute atomic E-state index is 0.159. The number of alkyl halides is 3. The second-order valence-corrected chi connectivity index (χ2v) is 5.12. The number of benzene rings is 1. The zero-order valence-corrected chi connectivity index (χ0v) is 12.7. The van der Waals surface area contributed by atoms with E-state index in [1.54, 1.807) is 0 Å². The molecule has 0 spiro atoms. The molecule has 0 unspecified atom stereocenters. The highest BCUT2D eigenvalue weighted by atomic mass is 19.4. The maximum absolute atomic E-state index is 12.4. The van der Waals surface area contributed by atoms with Crippen LogP contribution in [0.15, 0.2) is 18.2 Å². The fourth-order valence-corrected chi connectivity index (χ4v) is 2.69. The molecule has 126 valence electrons. The average molecular weight is 329 g/mol. The van der Waals surface area contributed by atoms with Gasteiger partial charge in [-0.2, -0.15) is 5.26 Å². The second kappa shape index (κ2) is 7.53. The standard InChI is InChI=1S/C15H18F3N3O2/c1-22-14-3-2-11(23-15(16,17)18)10-12(14)13(4-5-19)21-8-6-20-7-9-21/h2-3,10,13,20H,4,6-9H2,1H3/t13-/m1/s1. The number of hydrogen-bond donors (Lipinski definition) is 1. The number of nitriles is 1. The molecule has 1 saturated heterocycles. The van der Waals surface area contributed by atoms with Crippen molar-refractivity contribution in [2.75, 3.05) is 33.3 Å². The molecule has 0 aromatic heterocycles. The van der Waals surface area contributed by atoms with Crippen LogP contribution in [0.5, 0.6) is 11.5 Å². The van der Waals surface area contributed by atoms with Gasteiger partial charge in [0.25, 0.3) is 0 Å². The summed E-state index contributed by atoms with van der Waals surface area (Å²) in [4.78, 5) is 2.06. The lowest BCUT2D eigenvalue weighted by molar-refractivity contribution is -0.274. The monoisotopic (exact) mass is 329 g/mol. The van der Waals surface area contributed by atoms with Crippen molar-refractivity contribution in [3.8, 4) is 17.6 Å². The van der Waals surface area contributed by atoms with Crippen LogP contribution in [-0.2, 0) is 0 Å². The number of nitrogens with one attached hydrogen (secondary N) is 1. The Balaban J connectivity index is 2.35. The molecule has 1 aromatic carbocycles. The maximum Gasteiger partial charge on any atom is 0.573 e. The number of hydrogen-bond acceptors (Lipinski definition) is 5. The summed E-state index contributed by atoms with van der Waals surface area (Å²) in [6.45, 7) is 2.95. The van der Waals surface area contributed by atoms with E-state index in [1.165, 1.54) is 25.3 Å². The fourth-order valence-electron chi connectivity index (χ4n) is 2.69. The molecule has 5 nitrogen and oxygen atoms in total. The molecule has 0 bridgehead atoms. The van der Waals surface area contributed by atoms with Crippen LogP contribution in [0, 0.1) is 11.3 Å². The van der Waals surface area contributed by atoms with E-state index in [0.29, 0.717) is 24.4 Å². The number of rotatable bonds is 5. The predicted molar refractivity (Wildman–Crippen MR) is 77.1 cm³/mol. The Hall–Kier alpha value is -1.98. The van der Waals surface area contributed by atoms with Gasteiger partial charge < -0.3 is 14.8 Å². The molecule has 1 fully saturated rings. The van der Waals surface area contributed by atoms with Crippen molar-refractivity contribution in [1.29, 1.82) is 5.26 Å². The first-order chi connectivity index (χ1) is 10.9. The number of halogens is 3. The van der Waals surface area contributed by atoms with Gasteiger partial charge in [0, 0.05) is 31.7 Å². The molecule has 1 atom stereocenters. The van der Waals surface area contributed by atoms with Crippen LogP contribution >= 0.6 is 0 Å². The molecule has 1 heterocycles. The molecule has 1 N–H and O–H groups in total. The van der Waals surface area contributed by atoms with Gasteiger partial charge in [-0.1, -0.05) is 0 Å². The molecule has 0 radical (unpaired) electrons. The van der Waals surface area contributed by atoms with Crippen molar-refractivity contribution >= 4 is 0 Å². The van der Waals surface area contributed by atoms with E-state index in [4.69, 9.17) is 10.00 Å². The van der Waals surface area contributed by atoms with Gasteiger partial charge in [0.2, 0.25) is 0 Å². The molecule has 8 heteroatoms. The van der Waals surface area contributed by atoms with Crippen LogP contribution in [0.1, 0.15) is 18.0 Å². The molecular formula is C15H18F3N3O2. The Morgan fingerprint density at radius 2 is 2.04 bits per heavy atom. The van der Waals surface area contributed by atoms with E-state index in [1.807, 2.05) is 0 Å². The van der Waals surface area contributed by atoms with Gasteiger partial charge in [-0.3, -0.25) is 4.90 Å². The highest BCUT2D eigenvalue weighted by Crippen LogP contribution is 2.36. The minimum atomic E-state index is -4.76. The van der Waals surface area contributed by atoms with Crippen LogP contribution in [0.2, 0.25) is 0 Å². The van der Waals surface area contributed by atoms with E-state index in [9.17, 15) is 13.2 Å². The zero-order valence-electron chi connectivity index (χ0n) is 12.7. The minimum Gasteiger partial charge on any atom is -0.496 e. The van der Waals surface area contributed by atoms with E-state index in [-0.39, 0.29) is 18.2 Å². The van der Waals surface area contributed by atoms with E-state index >= 15 is 0 Å².